The van der Waals surface area contributed by atoms with Crippen LogP contribution in [-0.4, -0.2) is 17.1 Å². The highest BCUT2D eigenvalue weighted by molar-refractivity contribution is 7.12. The highest BCUT2D eigenvalue weighted by Crippen LogP contribution is 2.16. The summed E-state index contributed by atoms with van der Waals surface area (Å²) in [5, 5.41) is 0.992. The molecule has 0 saturated carbocycles. The second-order valence-electron chi connectivity index (χ2n) is 3.56. The van der Waals surface area contributed by atoms with Crippen molar-refractivity contribution in [3.05, 3.63) is 21.7 Å². The van der Waals surface area contributed by atoms with Gasteiger partial charge in [-0.15, -0.1) is 11.3 Å². The molecule has 0 amide bonds. The third-order valence-electron chi connectivity index (χ3n) is 1.66. The van der Waals surface area contributed by atoms with E-state index >= 15 is 0 Å². The van der Waals surface area contributed by atoms with Crippen molar-refractivity contribution >= 4 is 23.4 Å². The van der Waals surface area contributed by atoms with Crippen molar-refractivity contribution in [1.29, 1.82) is 0 Å². The smallest absolute Gasteiger partial charge is 0.334 e. The number of hydrogen-bond acceptors (Lipinski definition) is 4. The average molecular weight is 225 g/mol. The monoisotopic (exact) mass is 225 g/mol. The summed E-state index contributed by atoms with van der Waals surface area (Å²) in [6.07, 6.45) is 3.48. The van der Waals surface area contributed by atoms with E-state index in [4.69, 9.17) is 4.74 Å². The Labute approximate surface area is 93.8 Å². The van der Waals surface area contributed by atoms with E-state index in [1.54, 1.807) is 30.5 Å². The Morgan fingerprint density at radius 1 is 1.60 bits per heavy atom. The number of ether oxygens (including phenoxy) is 1. The first-order valence-electron chi connectivity index (χ1n) is 4.80. The molecule has 3 nitrogen and oxygen atoms in total. The van der Waals surface area contributed by atoms with E-state index < -0.39 is 0 Å². The molecule has 0 aliphatic heterocycles. The number of aromatic nitrogens is 1. The minimum Gasteiger partial charge on any atom is -0.460 e. The van der Waals surface area contributed by atoms with Gasteiger partial charge in [0.05, 0.1) is 11.1 Å². The molecule has 0 spiro atoms. The number of hydrogen-bond donors (Lipinski definition) is 0. The third-order valence-corrected chi connectivity index (χ3v) is 2.52. The van der Waals surface area contributed by atoms with Gasteiger partial charge >= 0.3 is 5.97 Å². The predicted molar refractivity (Wildman–Crippen MR) is 61.7 cm³/mol. The number of esters is 1. The highest BCUT2D eigenvalue weighted by atomic mass is 32.1. The number of thiazole rings is 1. The second kappa shape index (κ2) is 5.07. The minimum absolute atomic E-state index is 0.0796. The topological polar surface area (TPSA) is 39.2 Å². The molecular weight excluding hydrogens is 210 g/mol. The number of rotatable bonds is 3. The fraction of sp³-hybridized carbons (Fsp3) is 0.455. The normalized spacial score (nSPS) is 11.9. The zero-order valence-corrected chi connectivity index (χ0v) is 10.2. The summed E-state index contributed by atoms with van der Waals surface area (Å²) in [6.45, 7) is 7.35. The van der Waals surface area contributed by atoms with Crippen LogP contribution in [0.4, 0.5) is 0 Å². The summed E-state index contributed by atoms with van der Waals surface area (Å²) >= 11 is 1.56. The van der Waals surface area contributed by atoms with Crippen LogP contribution < -0.4 is 0 Å². The van der Waals surface area contributed by atoms with Crippen molar-refractivity contribution in [2.24, 2.45) is 0 Å². The summed E-state index contributed by atoms with van der Waals surface area (Å²) in [5.74, 6) is -0.268. The molecule has 0 aromatic carbocycles. The molecule has 15 heavy (non-hydrogen) atoms. The van der Waals surface area contributed by atoms with Gasteiger partial charge in [-0.25, -0.2) is 9.78 Å². The largest absolute Gasteiger partial charge is 0.460 e. The zero-order chi connectivity index (χ0) is 11.4. The Kier molecular flexibility index (Phi) is 4.03. The Balaban J connectivity index is 2.71. The zero-order valence-electron chi connectivity index (χ0n) is 9.40. The van der Waals surface area contributed by atoms with Gasteiger partial charge in [0.1, 0.15) is 0 Å². The maximum atomic E-state index is 11.5. The lowest BCUT2D eigenvalue weighted by atomic mass is 10.2. The number of carbonyl (C=O) groups excluding carboxylic acids is 1. The van der Waals surface area contributed by atoms with E-state index in [0.29, 0.717) is 5.57 Å². The predicted octanol–water partition coefficient (Wildman–Crippen LogP) is 2.81. The lowest BCUT2D eigenvalue weighted by molar-refractivity contribution is -0.142. The van der Waals surface area contributed by atoms with E-state index in [1.807, 2.05) is 20.8 Å². The van der Waals surface area contributed by atoms with Crippen molar-refractivity contribution in [3.8, 4) is 0 Å². The Hall–Kier alpha value is -1.16. The van der Waals surface area contributed by atoms with Gasteiger partial charge in [-0.05, 0) is 33.8 Å². The molecule has 0 N–H and O–H groups in total. The van der Waals surface area contributed by atoms with Crippen LogP contribution in [0.25, 0.3) is 6.08 Å². The van der Waals surface area contributed by atoms with Crippen LogP contribution in [0.5, 0.6) is 0 Å². The molecule has 0 aliphatic carbocycles. The number of aryl methyl sites for hydroxylation is 1. The lowest BCUT2D eigenvalue weighted by Gasteiger charge is -2.07. The van der Waals surface area contributed by atoms with Gasteiger partial charge in [-0.3, -0.25) is 0 Å². The fourth-order valence-electron chi connectivity index (χ4n) is 1.02. The first-order valence-corrected chi connectivity index (χ1v) is 5.62. The van der Waals surface area contributed by atoms with Crippen LogP contribution in [0.1, 0.15) is 30.7 Å². The summed E-state index contributed by atoms with van der Waals surface area (Å²) in [5.41, 5.74) is 0.604. The van der Waals surface area contributed by atoms with Crippen LogP contribution in [-0.2, 0) is 9.53 Å². The van der Waals surface area contributed by atoms with E-state index in [0.717, 1.165) is 9.88 Å². The molecular formula is C11H15NO2S. The quantitative estimate of drug-likeness (QED) is 0.586. The molecule has 82 valence electrons. The molecule has 0 saturated heterocycles. The van der Waals surface area contributed by atoms with E-state index in [1.165, 1.54) is 0 Å². The highest BCUT2D eigenvalue weighted by Gasteiger charge is 2.08. The standard InChI is InChI=1S/C11H15NO2S/c1-7(2)14-11(13)8(3)5-10-6-12-9(4)15-10/h5-7H,1-4H3/b8-5+. The maximum Gasteiger partial charge on any atom is 0.334 e. The van der Waals surface area contributed by atoms with Crippen LogP contribution in [0.15, 0.2) is 11.8 Å². The lowest BCUT2D eigenvalue weighted by Crippen LogP contribution is -2.11. The van der Waals surface area contributed by atoms with Crippen molar-refractivity contribution in [2.45, 2.75) is 33.8 Å². The van der Waals surface area contributed by atoms with E-state index in [9.17, 15) is 4.79 Å². The number of nitrogens with zero attached hydrogens (tertiary/aromatic N) is 1. The minimum atomic E-state index is -0.268. The van der Waals surface area contributed by atoms with Gasteiger partial charge in [0.25, 0.3) is 0 Å². The SMILES string of the molecule is C/C(=C\c1cnc(C)s1)C(=O)OC(C)C. The van der Waals surface area contributed by atoms with Gasteiger partial charge in [0.2, 0.25) is 0 Å². The summed E-state index contributed by atoms with van der Waals surface area (Å²) in [4.78, 5) is 16.5. The van der Waals surface area contributed by atoms with Gasteiger partial charge in [0.15, 0.2) is 0 Å². The van der Waals surface area contributed by atoms with Gasteiger partial charge in [-0.1, -0.05) is 0 Å². The van der Waals surface area contributed by atoms with Crippen molar-refractivity contribution in [3.63, 3.8) is 0 Å². The van der Waals surface area contributed by atoms with Crippen LogP contribution >= 0.6 is 11.3 Å². The van der Waals surface area contributed by atoms with Crippen LogP contribution in [0, 0.1) is 6.92 Å². The van der Waals surface area contributed by atoms with E-state index in [2.05, 4.69) is 4.98 Å². The molecule has 1 heterocycles. The molecule has 1 aromatic heterocycles. The molecule has 0 atom stereocenters. The molecule has 0 bridgehead atoms. The van der Waals surface area contributed by atoms with Crippen LogP contribution in [0.3, 0.4) is 0 Å². The summed E-state index contributed by atoms with van der Waals surface area (Å²) < 4.78 is 5.07. The average Bonchev–Trinajstić information content (AvgIpc) is 2.50. The van der Waals surface area contributed by atoms with Crippen molar-refractivity contribution in [1.82, 2.24) is 4.98 Å². The van der Waals surface area contributed by atoms with Gasteiger partial charge < -0.3 is 4.74 Å². The summed E-state index contributed by atoms with van der Waals surface area (Å²) in [7, 11) is 0. The molecule has 1 rings (SSSR count). The molecule has 0 radical (unpaired) electrons. The molecule has 0 unspecified atom stereocenters. The Morgan fingerprint density at radius 2 is 2.27 bits per heavy atom. The van der Waals surface area contributed by atoms with Gasteiger partial charge in [-0.2, -0.15) is 0 Å². The molecule has 0 fully saturated rings. The molecule has 0 aliphatic rings. The molecule has 4 heteroatoms. The van der Waals surface area contributed by atoms with Crippen molar-refractivity contribution < 1.29 is 9.53 Å². The maximum absolute atomic E-state index is 11.5. The first-order chi connectivity index (χ1) is 6.99. The van der Waals surface area contributed by atoms with Crippen molar-refractivity contribution in [2.75, 3.05) is 0 Å². The van der Waals surface area contributed by atoms with Gasteiger partial charge in [0, 0.05) is 16.6 Å². The Morgan fingerprint density at radius 3 is 2.73 bits per heavy atom. The molecule has 1 aromatic rings. The number of carbonyl (C=O) groups is 1. The fourth-order valence-corrected chi connectivity index (χ4v) is 1.81. The van der Waals surface area contributed by atoms with E-state index in [-0.39, 0.29) is 12.1 Å². The Bertz CT molecular complexity index is 380. The second-order valence-corrected chi connectivity index (χ2v) is 4.83. The summed E-state index contributed by atoms with van der Waals surface area (Å²) in [6, 6.07) is 0. The van der Waals surface area contributed by atoms with Crippen LogP contribution in [0.2, 0.25) is 0 Å². The third kappa shape index (κ3) is 3.83. The first kappa shape index (κ1) is 11.9.